The third-order valence-electron chi connectivity index (χ3n) is 4.98. The molecule has 0 bridgehead atoms. The minimum absolute atomic E-state index is 0.0325. The fourth-order valence-corrected chi connectivity index (χ4v) is 4.11. The van der Waals surface area contributed by atoms with E-state index < -0.39 is 28.8 Å². The van der Waals surface area contributed by atoms with Crippen molar-refractivity contribution in [2.45, 2.75) is 13.5 Å². The van der Waals surface area contributed by atoms with Gasteiger partial charge in [0.25, 0.3) is 11.1 Å². The second-order valence-electron chi connectivity index (χ2n) is 7.43. The van der Waals surface area contributed by atoms with E-state index in [4.69, 9.17) is 9.47 Å². The summed E-state index contributed by atoms with van der Waals surface area (Å²) in [7, 11) is 0. The number of ether oxygens (including phenoxy) is 2. The van der Waals surface area contributed by atoms with Gasteiger partial charge in [-0.1, -0.05) is 18.2 Å². The molecule has 0 atom stereocenters. The zero-order valence-electron chi connectivity index (χ0n) is 18.5. The molecule has 0 saturated carbocycles. The topological polar surface area (TPSA) is 72.9 Å². The molecule has 1 fully saturated rings. The Morgan fingerprint density at radius 3 is 2.26 bits per heavy atom. The maximum Gasteiger partial charge on any atom is 0.343 e. The highest BCUT2D eigenvalue weighted by Gasteiger charge is 2.35. The summed E-state index contributed by atoms with van der Waals surface area (Å²) >= 11 is 0.799. The number of benzene rings is 3. The van der Waals surface area contributed by atoms with Crippen LogP contribution in [0.2, 0.25) is 0 Å². The summed E-state index contributed by atoms with van der Waals surface area (Å²) in [6.07, 6.45) is 1.55. The first-order valence-electron chi connectivity index (χ1n) is 10.6. The summed E-state index contributed by atoms with van der Waals surface area (Å²) in [6.45, 7) is 2.09. The third kappa shape index (κ3) is 5.75. The van der Waals surface area contributed by atoms with Gasteiger partial charge >= 0.3 is 5.97 Å². The van der Waals surface area contributed by atoms with Crippen molar-refractivity contribution >= 4 is 35.0 Å². The van der Waals surface area contributed by atoms with Gasteiger partial charge in [0.1, 0.15) is 11.6 Å². The summed E-state index contributed by atoms with van der Waals surface area (Å²) in [5.41, 5.74) is 1.36. The van der Waals surface area contributed by atoms with Gasteiger partial charge in [0, 0.05) is 0 Å². The van der Waals surface area contributed by atoms with Gasteiger partial charge in [-0.3, -0.25) is 14.5 Å². The van der Waals surface area contributed by atoms with Crippen LogP contribution in [0.3, 0.4) is 0 Å². The first kappa shape index (κ1) is 24.2. The largest absolute Gasteiger partial charge is 0.490 e. The van der Waals surface area contributed by atoms with Crippen molar-refractivity contribution in [1.29, 1.82) is 0 Å². The van der Waals surface area contributed by atoms with Crippen LogP contribution in [-0.2, 0) is 11.3 Å². The highest BCUT2D eigenvalue weighted by Crippen LogP contribution is 2.35. The van der Waals surface area contributed by atoms with E-state index >= 15 is 0 Å². The lowest BCUT2D eigenvalue weighted by molar-refractivity contribution is -0.123. The number of thioether (sulfide) groups is 1. The van der Waals surface area contributed by atoms with Crippen LogP contribution in [0.25, 0.3) is 6.08 Å². The van der Waals surface area contributed by atoms with Crippen molar-refractivity contribution in [3.05, 3.63) is 100.0 Å². The lowest BCUT2D eigenvalue weighted by Gasteiger charge is -2.12. The zero-order chi connectivity index (χ0) is 24.9. The molecule has 0 N–H and O–H groups in total. The molecule has 178 valence electrons. The molecule has 6 nitrogen and oxygen atoms in total. The van der Waals surface area contributed by atoms with Crippen molar-refractivity contribution in [2.75, 3.05) is 6.61 Å². The molecule has 9 heteroatoms. The normalized spacial score (nSPS) is 14.5. The van der Waals surface area contributed by atoms with Crippen LogP contribution in [0.1, 0.15) is 28.4 Å². The van der Waals surface area contributed by atoms with Gasteiger partial charge in [0.2, 0.25) is 0 Å². The van der Waals surface area contributed by atoms with E-state index in [2.05, 4.69) is 0 Å². The molecular formula is C26H19F2NO5S. The number of halogens is 2. The van der Waals surface area contributed by atoms with Crippen molar-refractivity contribution in [1.82, 2.24) is 4.90 Å². The summed E-state index contributed by atoms with van der Waals surface area (Å²) in [4.78, 5) is 38.9. The molecule has 0 spiro atoms. The van der Waals surface area contributed by atoms with Gasteiger partial charge in [-0.2, -0.15) is 0 Å². The molecule has 1 heterocycles. The molecule has 4 rings (SSSR count). The van der Waals surface area contributed by atoms with Crippen LogP contribution in [0, 0.1) is 11.6 Å². The van der Waals surface area contributed by atoms with Crippen LogP contribution < -0.4 is 9.47 Å². The van der Waals surface area contributed by atoms with Crippen LogP contribution in [0.4, 0.5) is 13.6 Å². The Hall–Kier alpha value is -3.98. The van der Waals surface area contributed by atoms with Crippen LogP contribution in [0.15, 0.2) is 71.6 Å². The molecule has 1 aliphatic rings. The number of imide groups is 1. The molecule has 0 radical (unpaired) electrons. The van der Waals surface area contributed by atoms with E-state index in [1.165, 1.54) is 42.5 Å². The molecule has 0 aromatic heterocycles. The van der Waals surface area contributed by atoms with Gasteiger partial charge in [-0.25, -0.2) is 13.6 Å². The van der Waals surface area contributed by atoms with E-state index in [-0.39, 0.29) is 28.5 Å². The molecule has 0 unspecified atom stereocenters. The van der Waals surface area contributed by atoms with Gasteiger partial charge in [-0.15, -0.1) is 0 Å². The van der Waals surface area contributed by atoms with Gasteiger partial charge < -0.3 is 9.47 Å². The number of amides is 2. The van der Waals surface area contributed by atoms with Gasteiger partial charge in [0.15, 0.2) is 11.5 Å². The number of esters is 1. The van der Waals surface area contributed by atoms with Crippen molar-refractivity contribution in [2.24, 2.45) is 0 Å². The number of carbonyl (C=O) groups is 3. The number of rotatable bonds is 7. The van der Waals surface area contributed by atoms with E-state index in [9.17, 15) is 23.2 Å². The Labute approximate surface area is 204 Å². The van der Waals surface area contributed by atoms with Crippen molar-refractivity contribution in [3.8, 4) is 11.5 Å². The summed E-state index contributed by atoms with van der Waals surface area (Å²) < 4.78 is 37.2. The Morgan fingerprint density at radius 1 is 0.943 bits per heavy atom. The maximum absolute atomic E-state index is 13.1. The lowest BCUT2D eigenvalue weighted by atomic mass is 10.1. The number of nitrogens with zero attached hydrogens (tertiary/aromatic N) is 1. The lowest BCUT2D eigenvalue weighted by Crippen LogP contribution is -2.27. The molecule has 2 amide bonds. The quantitative estimate of drug-likeness (QED) is 0.234. The number of hydrogen-bond donors (Lipinski definition) is 0. The molecule has 35 heavy (non-hydrogen) atoms. The van der Waals surface area contributed by atoms with Crippen LogP contribution in [0.5, 0.6) is 11.5 Å². The van der Waals surface area contributed by atoms with Gasteiger partial charge in [-0.05, 0) is 84.4 Å². The Balaban J connectivity index is 1.52. The van der Waals surface area contributed by atoms with Crippen molar-refractivity contribution in [3.63, 3.8) is 0 Å². The van der Waals surface area contributed by atoms with E-state index in [0.717, 1.165) is 28.8 Å². The van der Waals surface area contributed by atoms with Gasteiger partial charge in [0.05, 0.1) is 23.6 Å². The fourth-order valence-electron chi connectivity index (χ4n) is 3.27. The molecule has 1 aliphatic heterocycles. The highest BCUT2D eigenvalue weighted by molar-refractivity contribution is 8.18. The number of hydrogen-bond acceptors (Lipinski definition) is 6. The minimum Gasteiger partial charge on any atom is -0.490 e. The molecule has 3 aromatic rings. The van der Waals surface area contributed by atoms with E-state index in [1.54, 1.807) is 25.1 Å². The first-order valence-corrected chi connectivity index (χ1v) is 11.4. The summed E-state index contributed by atoms with van der Waals surface area (Å²) in [5, 5.41) is -0.430. The van der Waals surface area contributed by atoms with E-state index in [0.29, 0.717) is 17.7 Å². The van der Waals surface area contributed by atoms with Crippen molar-refractivity contribution < 1.29 is 32.6 Å². The molecule has 3 aromatic carbocycles. The van der Waals surface area contributed by atoms with Crippen LogP contribution in [-0.4, -0.2) is 28.6 Å². The van der Waals surface area contributed by atoms with Crippen LogP contribution >= 0.6 is 11.8 Å². The zero-order valence-corrected chi connectivity index (χ0v) is 19.3. The second-order valence-corrected chi connectivity index (χ2v) is 8.42. The average molecular weight is 496 g/mol. The fraction of sp³-hybridized carbons (Fsp3) is 0.115. The summed E-state index contributed by atoms with van der Waals surface area (Å²) in [5.74, 6) is -1.60. The monoisotopic (exact) mass is 495 g/mol. The molecule has 0 aliphatic carbocycles. The summed E-state index contributed by atoms with van der Waals surface area (Å²) in [6, 6.07) is 15.2. The Bertz CT molecular complexity index is 1310. The predicted octanol–water partition coefficient (Wildman–Crippen LogP) is 5.82. The highest BCUT2D eigenvalue weighted by atomic mass is 32.2. The van der Waals surface area contributed by atoms with E-state index in [1.807, 2.05) is 0 Å². The Kier molecular flexibility index (Phi) is 7.26. The number of carbonyl (C=O) groups excluding carboxylic acids is 3. The molecular weight excluding hydrogens is 476 g/mol. The minimum atomic E-state index is -0.680. The maximum atomic E-state index is 13.1. The Morgan fingerprint density at radius 2 is 1.60 bits per heavy atom. The second kappa shape index (κ2) is 10.5. The SMILES string of the molecule is CCOc1cc(/C=C2\SC(=O)N(Cc3ccc(F)cc3)C2=O)ccc1OC(=O)c1ccc(F)cc1. The molecule has 1 saturated heterocycles. The standard InChI is InChI=1S/C26H19F2NO5S/c1-2-33-22-13-17(5-12-21(22)34-25(31)18-6-10-20(28)11-7-18)14-23-24(30)29(26(32)35-23)15-16-3-8-19(27)9-4-16/h3-14H,2,15H2,1H3/b23-14-. The predicted molar refractivity (Wildman–Crippen MR) is 127 cm³/mol. The average Bonchev–Trinajstić information content (AvgIpc) is 3.10. The first-order chi connectivity index (χ1) is 16.8. The smallest absolute Gasteiger partial charge is 0.343 e. The third-order valence-corrected chi connectivity index (χ3v) is 5.88.